The van der Waals surface area contributed by atoms with Gasteiger partial charge in [0.2, 0.25) is 0 Å². The SMILES string of the molecule is Cc1ccsc1C(=O)NC1CCN(C(=O)c2ccco2)CC1. The van der Waals surface area contributed by atoms with Gasteiger partial charge in [-0.1, -0.05) is 0 Å². The molecule has 1 saturated heterocycles. The highest BCUT2D eigenvalue weighted by Gasteiger charge is 2.26. The lowest BCUT2D eigenvalue weighted by molar-refractivity contribution is 0.0667. The lowest BCUT2D eigenvalue weighted by atomic mass is 10.0. The van der Waals surface area contributed by atoms with E-state index in [0.717, 1.165) is 23.3 Å². The summed E-state index contributed by atoms with van der Waals surface area (Å²) < 4.78 is 5.14. The molecule has 0 radical (unpaired) electrons. The summed E-state index contributed by atoms with van der Waals surface area (Å²) in [7, 11) is 0. The van der Waals surface area contributed by atoms with Crippen LogP contribution < -0.4 is 5.32 Å². The van der Waals surface area contributed by atoms with Gasteiger partial charge in [0.25, 0.3) is 11.8 Å². The third kappa shape index (κ3) is 3.06. The number of hydrogen-bond donors (Lipinski definition) is 1. The largest absolute Gasteiger partial charge is 0.459 e. The molecule has 5 nitrogen and oxygen atoms in total. The third-order valence-electron chi connectivity index (χ3n) is 3.92. The quantitative estimate of drug-likeness (QED) is 0.946. The fraction of sp³-hybridized carbons (Fsp3) is 0.375. The van der Waals surface area contributed by atoms with E-state index in [0.29, 0.717) is 18.8 Å². The number of thiophene rings is 1. The van der Waals surface area contributed by atoms with Gasteiger partial charge in [-0.3, -0.25) is 9.59 Å². The van der Waals surface area contributed by atoms with Gasteiger partial charge in [-0.2, -0.15) is 0 Å². The minimum absolute atomic E-state index is 0.0108. The maximum atomic E-state index is 12.2. The second kappa shape index (κ2) is 6.36. The van der Waals surface area contributed by atoms with E-state index >= 15 is 0 Å². The van der Waals surface area contributed by atoms with Crippen molar-refractivity contribution in [3.05, 3.63) is 46.0 Å². The molecule has 0 aromatic carbocycles. The number of amides is 2. The number of hydrogen-bond acceptors (Lipinski definition) is 4. The molecule has 3 heterocycles. The van der Waals surface area contributed by atoms with E-state index in [1.807, 2.05) is 18.4 Å². The Morgan fingerprint density at radius 1 is 1.32 bits per heavy atom. The first-order chi connectivity index (χ1) is 10.6. The first-order valence-electron chi connectivity index (χ1n) is 7.33. The number of nitrogens with one attached hydrogen (secondary N) is 1. The Morgan fingerprint density at radius 2 is 2.09 bits per heavy atom. The van der Waals surface area contributed by atoms with Crippen LogP contribution in [0.4, 0.5) is 0 Å². The summed E-state index contributed by atoms with van der Waals surface area (Å²) in [4.78, 5) is 26.9. The van der Waals surface area contributed by atoms with Gasteiger partial charge in [0, 0.05) is 19.1 Å². The normalized spacial score (nSPS) is 15.8. The van der Waals surface area contributed by atoms with Gasteiger partial charge in [-0.15, -0.1) is 11.3 Å². The second-order valence-electron chi connectivity index (χ2n) is 5.45. The summed E-state index contributed by atoms with van der Waals surface area (Å²) >= 11 is 1.46. The van der Waals surface area contributed by atoms with Crippen LogP contribution in [0.3, 0.4) is 0 Å². The van der Waals surface area contributed by atoms with E-state index < -0.39 is 0 Å². The maximum absolute atomic E-state index is 12.2. The van der Waals surface area contributed by atoms with Crippen LogP contribution in [0.25, 0.3) is 0 Å². The zero-order valence-electron chi connectivity index (χ0n) is 12.4. The predicted octanol–water partition coefficient (Wildman–Crippen LogP) is 2.68. The van der Waals surface area contributed by atoms with E-state index in [1.165, 1.54) is 17.6 Å². The van der Waals surface area contributed by atoms with Crippen LogP contribution in [0, 0.1) is 6.92 Å². The van der Waals surface area contributed by atoms with Crippen molar-refractivity contribution in [3.63, 3.8) is 0 Å². The highest BCUT2D eigenvalue weighted by Crippen LogP contribution is 2.18. The van der Waals surface area contributed by atoms with E-state index in [4.69, 9.17) is 4.42 Å². The zero-order chi connectivity index (χ0) is 15.5. The molecule has 0 bridgehead atoms. The number of furan rings is 1. The Balaban J connectivity index is 1.53. The molecule has 2 aromatic rings. The van der Waals surface area contributed by atoms with Crippen molar-refractivity contribution < 1.29 is 14.0 Å². The summed E-state index contributed by atoms with van der Waals surface area (Å²) in [5.74, 6) is 0.281. The molecule has 22 heavy (non-hydrogen) atoms. The fourth-order valence-corrected chi connectivity index (χ4v) is 3.47. The molecule has 1 N–H and O–H groups in total. The van der Waals surface area contributed by atoms with E-state index in [1.54, 1.807) is 17.0 Å². The Labute approximate surface area is 132 Å². The van der Waals surface area contributed by atoms with Crippen LogP contribution in [0.5, 0.6) is 0 Å². The second-order valence-corrected chi connectivity index (χ2v) is 6.37. The zero-order valence-corrected chi connectivity index (χ0v) is 13.2. The molecule has 0 spiro atoms. The molecule has 3 rings (SSSR count). The lowest BCUT2D eigenvalue weighted by Gasteiger charge is -2.31. The summed E-state index contributed by atoms with van der Waals surface area (Å²) in [6, 6.07) is 5.46. The molecule has 0 unspecified atom stereocenters. The standard InChI is InChI=1S/C16H18N2O3S/c1-11-6-10-22-14(11)15(19)17-12-4-7-18(8-5-12)16(20)13-3-2-9-21-13/h2-3,6,9-10,12H,4-5,7-8H2,1H3,(H,17,19). The number of likely N-dealkylation sites (tertiary alicyclic amines) is 1. The first kappa shape index (κ1) is 14.8. The van der Waals surface area contributed by atoms with Crippen molar-refractivity contribution >= 4 is 23.2 Å². The monoisotopic (exact) mass is 318 g/mol. The number of carbonyl (C=O) groups is 2. The number of rotatable bonds is 3. The molecule has 0 aliphatic carbocycles. The van der Waals surface area contributed by atoms with Crippen LogP contribution in [0.1, 0.15) is 38.6 Å². The minimum atomic E-state index is -0.0797. The summed E-state index contributed by atoms with van der Waals surface area (Å²) in [5.41, 5.74) is 1.01. The Kier molecular flexibility index (Phi) is 4.29. The Morgan fingerprint density at radius 3 is 2.68 bits per heavy atom. The molecule has 0 atom stereocenters. The Hall–Kier alpha value is -2.08. The van der Waals surface area contributed by atoms with Gasteiger partial charge in [0.1, 0.15) is 0 Å². The van der Waals surface area contributed by atoms with Crippen molar-refractivity contribution in [3.8, 4) is 0 Å². The van der Waals surface area contributed by atoms with Crippen molar-refractivity contribution in [1.82, 2.24) is 10.2 Å². The Bertz CT molecular complexity index is 655. The summed E-state index contributed by atoms with van der Waals surface area (Å²) in [6.45, 7) is 3.21. The minimum Gasteiger partial charge on any atom is -0.459 e. The third-order valence-corrected chi connectivity index (χ3v) is 4.93. The van der Waals surface area contributed by atoms with Crippen molar-refractivity contribution in [2.24, 2.45) is 0 Å². The molecule has 0 saturated carbocycles. The van der Waals surface area contributed by atoms with Crippen molar-refractivity contribution in [2.45, 2.75) is 25.8 Å². The first-order valence-corrected chi connectivity index (χ1v) is 8.21. The van der Waals surface area contributed by atoms with E-state index in [2.05, 4.69) is 5.32 Å². The molecule has 2 amide bonds. The van der Waals surface area contributed by atoms with Gasteiger partial charge in [-0.25, -0.2) is 0 Å². The molecule has 2 aromatic heterocycles. The summed E-state index contributed by atoms with van der Waals surface area (Å²) in [5, 5.41) is 4.99. The number of piperidine rings is 1. The van der Waals surface area contributed by atoms with Gasteiger partial charge in [0.05, 0.1) is 11.1 Å². The van der Waals surface area contributed by atoms with Crippen LogP contribution in [0.15, 0.2) is 34.3 Å². The van der Waals surface area contributed by atoms with Crippen molar-refractivity contribution in [1.29, 1.82) is 0 Å². The maximum Gasteiger partial charge on any atom is 0.289 e. The van der Waals surface area contributed by atoms with Crippen LogP contribution in [-0.4, -0.2) is 35.8 Å². The van der Waals surface area contributed by atoms with Gasteiger partial charge in [0.15, 0.2) is 5.76 Å². The molecule has 116 valence electrons. The highest BCUT2D eigenvalue weighted by atomic mass is 32.1. The van der Waals surface area contributed by atoms with E-state index in [9.17, 15) is 9.59 Å². The van der Waals surface area contributed by atoms with Crippen LogP contribution >= 0.6 is 11.3 Å². The smallest absolute Gasteiger partial charge is 0.289 e. The van der Waals surface area contributed by atoms with E-state index in [-0.39, 0.29) is 17.9 Å². The van der Waals surface area contributed by atoms with Crippen molar-refractivity contribution in [2.75, 3.05) is 13.1 Å². The van der Waals surface area contributed by atoms with Gasteiger partial charge in [-0.05, 0) is 48.9 Å². The molecule has 1 aliphatic rings. The topological polar surface area (TPSA) is 62.6 Å². The molecule has 6 heteroatoms. The van der Waals surface area contributed by atoms with Gasteiger partial charge >= 0.3 is 0 Å². The highest BCUT2D eigenvalue weighted by molar-refractivity contribution is 7.12. The molecule has 1 aliphatic heterocycles. The van der Waals surface area contributed by atoms with Crippen LogP contribution in [0.2, 0.25) is 0 Å². The number of carbonyl (C=O) groups excluding carboxylic acids is 2. The lowest BCUT2D eigenvalue weighted by Crippen LogP contribution is -2.46. The number of nitrogens with zero attached hydrogens (tertiary/aromatic N) is 1. The summed E-state index contributed by atoms with van der Waals surface area (Å²) in [6.07, 6.45) is 3.04. The molecular formula is C16H18N2O3S. The molecule has 1 fully saturated rings. The fourth-order valence-electron chi connectivity index (χ4n) is 2.64. The average molecular weight is 318 g/mol. The van der Waals surface area contributed by atoms with Gasteiger partial charge < -0.3 is 14.6 Å². The number of aryl methyl sites for hydroxylation is 1. The predicted molar refractivity (Wildman–Crippen MR) is 84.2 cm³/mol. The van der Waals surface area contributed by atoms with Crippen LogP contribution in [-0.2, 0) is 0 Å². The molecular weight excluding hydrogens is 300 g/mol. The average Bonchev–Trinajstić information content (AvgIpc) is 3.18.